The van der Waals surface area contributed by atoms with E-state index >= 15 is 0 Å². The van der Waals surface area contributed by atoms with Crippen molar-refractivity contribution in [2.75, 3.05) is 0 Å². The van der Waals surface area contributed by atoms with Crippen molar-refractivity contribution in [1.29, 1.82) is 0 Å². The first-order valence-corrected chi connectivity index (χ1v) is 14.0. The number of carbonyl (C=O) groups excluding carboxylic acids is 1. The highest BCUT2D eigenvalue weighted by atomic mass is 16.5. The first-order chi connectivity index (χ1) is 15.1. The Balaban J connectivity index is 1.46. The summed E-state index contributed by atoms with van der Waals surface area (Å²) in [4.78, 5) is 11.6. The van der Waals surface area contributed by atoms with Crippen LogP contribution in [-0.4, -0.2) is 5.97 Å². The Kier molecular flexibility index (Phi) is 7.19. The highest BCUT2D eigenvalue weighted by molar-refractivity contribution is 5.67. The Labute approximate surface area is 198 Å². The van der Waals surface area contributed by atoms with Crippen LogP contribution in [0.5, 0.6) is 0 Å². The van der Waals surface area contributed by atoms with Gasteiger partial charge in [0.05, 0.1) is 0 Å². The predicted molar refractivity (Wildman–Crippen MR) is 133 cm³/mol. The molecule has 2 heteroatoms. The van der Waals surface area contributed by atoms with Gasteiger partial charge in [-0.3, -0.25) is 4.79 Å². The lowest BCUT2D eigenvalue weighted by Crippen LogP contribution is -2.52. The summed E-state index contributed by atoms with van der Waals surface area (Å²) in [6, 6.07) is 0. The molecule has 4 aliphatic carbocycles. The molecule has 0 amide bonds. The molecule has 3 saturated carbocycles. The van der Waals surface area contributed by atoms with Crippen molar-refractivity contribution < 1.29 is 9.53 Å². The molecule has 0 aromatic heterocycles. The molecule has 2 nitrogen and oxygen atoms in total. The molecule has 0 N–H and O–H groups in total. The van der Waals surface area contributed by atoms with E-state index in [1.54, 1.807) is 6.92 Å². The molecule has 0 saturated heterocycles. The van der Waals surface area contributed by atoms with Crippen molar-refractivity contribution in [1.82, 2.24) is 0 Å². The maximum absolute atomic E-state index is 11.6. The van der Waals surface area contributed by atoms with E-state index in [9.17, 15) is 4.79 Å². The zero-order valence-electron chi connectivity index (χ0n) is 21.9. The van der Waals surface area contributed by atoms with Gasteiger partial charge in [-0.25, -0.2) is 0 Å². The normalized spacial score (nSPS) is 42.3. The first kappa shape index (κ1) is 24.3. The maximum Gasteiger partial charge on any atom is 0.307 e. The van der Waals surface area contributed by atoms with Crippen molar-refractivity contribution in [3.8, 4) is 0 Å². The van der Waals surface area contributed by atoms with Crippen LogP contribution in [0.1, 0.15) is 119 Å². The lowest BCUT2D eigenvalue weighted by atomic mass is 9.45. The third-order valence-electron chi connectivity index (χ3n) is 11.0. The molecular formula is C30H50O2. The van der Waals surface area contributed by atoms with E-state index in [1.807, 2.05) is 0 Å². The van der Waals surface area contributed by atoms with Gasteiger partial charge in [-0.2, -0.15) is 0 Å². The van der Waals surface area contributed by atoms with Crippen LogP contribution >= 0.6 is 0 Å². The Bertz CT molecular complexity index is 708. The highest BCUT2D eigenvalue weighted by Gasteiger charge is 2.60. The van der Waals surface area contributed by atoms with E-state index in [4.69, 9.17) is 4.74 Å². The largest absolute Gasteiger partial charge is 0.432 e. The minimum atomic E-state index is -0.151. The van der Waals surface area contributed by atoms with E-state index in [-0.39, 0.29) is 5.97 Å². The van der Waals surface area contributed by atoms with Gasteiger partial charge >= 0.3 is 5.97 Å². The lowest BCUT2D eigenvalue weighted by Gasteiger charge is -2.59. The fraction of sp³-hybridized carbons (Fsp3) is 0.900. The molecule has 0 unspecified atom stereocenters. The molecule has 0 radical (unpaired) electrons. The molecule has 32 heavy (non-hydrogen) atoms. The number of carbonyl (C=O) groups is 1. The van der Waals surface area contributed by atoms with Gasteiger partial charge in [0.1, 0.15) is 5.76 Å². The fourth-order valence-corrected chi connectivity index (χ4v) is 9.42. The van der Waals surface area contributed by atoms with Crippen molar-refractivity contribution >= 4 is 5.97 Å². The number of fused-ring (bicyclic) bond motifs is 5. The third kappa shape index (κ3) is 4.46. The monoisotopic (exact) mass is 442 g/mol. The van der Waals surface area contributed by atoms with Crippen LogP contribution in [0.2, 0.25) is 0 Å². The Hall–Kier alpha value is -0.790. The van der Waals surface area contributed by atoms with Gasteiger partial charge in [-0.1, -0.05) is 53.9 Å². The minimum absolute atomic E-state index is 0.151. The van der Waals surface area contributed by atoms with Crippen LogP contribution in [0.4, 0.5) is 0 Å². The molecule has 0 aromatic carbocycles. The summed E-state index contributed by atoms with van der Waals surface area (Å²) in [6.07, 6.45) is 18.4. The number of allylic oxidation sites excluding steroid dienone is 2. The Morgan fingerprint density at radius 3 is 2.47 bits per heavy atom. The summed E-state index contributed by atoms with van der Waals surface area (Å²) < 4.78 is 5.60. The SMILES string of the molecule is CC(=O)OC1=CCC[C@@]2(C)[C@@H](CC[C@H]3[C@H]2CC[C@]2(C)[C@@H]3CC[C@H]2[C@H](C)CCCC(C)C)C1. The maximum atomic E-state index is 11.6. The van der Waals surface area contributed by atoms with Crippen molar-refractivity contribution in [3.05, 3.63) is 11.8 Å². The zero-order chi connectivity index (χ0) is 23.1. The molecule has 0 aromatic rings. The zero-order valence-corrected chi connectivity index (χ0v) is 21.9. The first-order valence-electron chi connectivity index (χ1n) is 14.0. The average molecular weight is 443 g/mol. The molecule has 0 heterocycles. The number of esters is 1. The molecule has 8 atom stereocenters. The minimum Gasteiger partial charge on any atom is -0.432 e. The highest BCUT2D eigenvalue weighted by Crippen LogP contribution is 2.68. The number of rotatable bonds is 6. The topological polar surface area (TPSA) is 26.3 Å². The second-order valence-electron chi connectivity index (χ2n) is 13.2. The summed E-state index contributed by atoms with van der Waals surface area (Å²) >= 11 is 0. The smallest absolute Gasteiger partial charge is 0.307 e. The standard InChI is InChI=1S/C30H50O2/c1-20(2)9-7-10-21(3)26-14-15-27-25-13-12-23-19-24(32-22(4)31)11-8-17-29(23,5)28(25)16-18-30(26,27)6/h11,20-21,23,25-28H,7-10,12-19H2,1-6H3/t21-,23+,25-,26+,27-,28-,29+,30+/m1/s1. The summed E-state index contributed by atoms with van der Waals surface area (Å²) in [5.41, 5.74) is 0.997. The van der Waals surface area contributed by atoms with Gasteiger partial charge in [0.15, 0.2) is 0 Å². The second-order valence-corrected chi connectivity index (χ2v) is 13.2. The number of hydrogen-bond donors (Lipinski definition) is 0. The van der Waals surface area contributed by atoms with Crippen LogP contribution < -0.4 is 0 Å². The summed E-state index contributed by atoms with van der Waals surface area (Å²) in [7, 11) is 0. The van der Waals surface area contributed by atoms with Crippen molar-refractivity contribution in [2.24, 2.45) is 52.3 Å². The number of hydrogen-bond acceptors (Lipinski definition) is 2. The Morgan fingerprint density at radius 2 is 1.75 bits per heavy atom. The van der Waals surface area contributed by atoms with Gasteiger partial charge in [-0.05, 0) is 110 Å². The van der Waals surface area contributed by atoms with Crippen molar-refractivity contribution in [2.45, 2.75) is 119 Å². The summed E-state index contributed by atoms with van der Waals surface area (Å²) in [6.45, 7) is 14.2. The molecule has 0 bridgehead atoms. The van der Waals surface area contributed by atoms with Crippen LogP contribution in [-0.2, 0) is 9.53 Å². The van der Waals surface area contributed by atoms with Crippen molar-refractivity contribution in [3.63, 3.8) is 0 Å². The van der Waals surface area contributed by atoms with E-state index in [0.29, 0.717) is 16.7 Å². The number of ether oxygens (including phenoxy) is 1. The van der Waals surface area contributed by atoms with Crippen LogP contribution in [0.3, 0.4) is 0 Å². The van der Waals surface area contributed by atoms with E-state index in [2.05, 4.69) is 40.7 Å². The molecular weight excluding hydrogens is 392 g/mol. The molecule has 0 spiro atoms. The van der Waals surface area contributed by atoms with Crippen LogP contribution in [0, 0.1) is 52.3 Å². The molecule has 182 valence electrons. The quantitative estimate of drug-likeness (QED) is 0.385. The Morgan fingerprint density at radius 1 is 1.00 bits per heavy atom. The van der Waals surface area contributed by atoms with Gasteiger partial charge < -0.3 is 4.74 Å². The van der Waals surface area contributed by atoms with Gasteiger partial charge in [0, 0.05) is 13.3 Å². The summed E-state index contributed by atoms with van der Waals surface area (Å²) in [5.74, 6) is 6.92. The van der Waals surface area contributed by atoms with E-state index in [1.165, 1.54) is 64.2 Å². The summed E-state index contributed by atoms with van der Waals surface area (Å²) in [5, 5.41) is 0. The van der Waals surface area contributed by atoms with Gasteiger partial charge in [0.25, 0.3) is 0 Å². The molecule has 3 fully saturated rings. The van der Waals surface area contributed by atoms with Gasteiger partial charge in [0.2, 0.25) is 0 Å². The second kappa shape index (κ2) is 9.46. The fourth-order valence-electron chi connectivity index (χ4n) is 9.42. The molecule has 0 aliphatic heterocycles. The van der Waals surface area contributed by atoms with E-state index < -0.39 is 0 Å². The van der Waals surface area contributed by atoms with Crippen LogP contribution in [0.15, 0.2) is 11.8 Å². The van der Waals surface area contributed by atoms with Gasteiger partial charge in [-0.15, -0.1) is 0 Å². The molecule has 4 aliphatic rings. The third-order valence-corrected chi connectivity index (χ3v) is 11.0. The van der Waals surface area contributed by atoms with Crippen LogP contribution in [0.25, 0.3) is 0 Å². The predicted octanol–water partition coefficient (Wildman–Crippen LogP) is 8.55. The van der Waals surface area contributed by atoms with E-state index in [0.717, 1.165) is 54.1 Å². The lowest BCUT2D eigenvalue weighted by molar-refractivity contribution is -0.138. The molecule has 4 rings (SSSR count). The average Bonchev–Trinajstić information content (AvgIpc) is 2.97.